The van der Waals surface area contributed by atoms with Gasteiger partial charge in [-0.15, -0.1) is 0 Å². The fraction of sp³-hybridized carbons (Fsp3) is 1.00. The second kappa shape index (κ2) is 7.46. The van der Waals surface area contributed by atoms with Crippen LogP contribution in [0.2, 0.25) is 0 Å². The van der Waals surface area contributed by atoms with E-state index in [0.29, 0.717) is 12.1 Å². The van der Waals surface area contributed by atoms with Crippen LogP contribution in [0.5, 0.6) is 0 Å². The zero-order valence-electron chi connectivity index (χ0n) is 12.2. The van der Waals surface area contributed by atoms with Crippen LogP contribution in [0.1, 0.15) is 46.0 Å². The van der Waals surface area contributed by atoms with E-state index < -0.39 is 0 Å². The third kappa shape index (κ3) is 3.69. The lowest BCUT2D eigenvalue weighted by atomic mass is 9.84. The summed E-state index contributed by atoms with van der Waals surface area (Å²) in [5.74, 6) is 0.957. The van der Waals surface area contributed by atoms with Gasteiger partial charge in [-0.2, -0.15) is 0 Å². The van der Waals surface area contributed by atoms with Gasteiger partial charge in [0, 0.05) is 25.2 Å². The van der Waals surface area contributed by atoms with Crippen LogP contribution in [-0.2, 0) is 4.74 Å². The van der Waals surface area contributed by atoms with Crippen molar-refractivity contribution >= 4 is 0 Å². The summed E-state index contributed by atoms with van der Waals surface area (Å²) in [6, 6.07) is 1.23. The molecule has 0 radical (unpaired) electrons. The first-order valence-corrected chi connectivity index (χ1v) is 7.90. The molecule has 1 N–H and O–H groups in total. The molecule has 0 aromatic rings. The number of rotatable bonds is 7. The molecule has 1 saturated heterocycles. The van der Waals surface area contributed by atoms with Crippen molar-refractivity contribution < 1.29 is 4.74 Å². The number of likely N-dealkylation sites (N-methyl/N-ethyl adjacent to an activating group) is 1. The molecule has 106 valence electrons. The molecule has 3 nitrogen and oxygen atoms in total. The second-order valence-corrected chi connectivity index (χ2v) is 5.88. The number of hydrogen-bond donors (Lipinski definition) is 1. The molecule has 0 aromatic carbocycles. The van der Waals surface area contributed by atoms with Crippen LogP contribution >= 0.6 is 0 Å². The molecule has 1 saturated carbocycles. The Labute approximate surface area is 112 Å². The molecule has 1 aliphatic heterocycles. The summed E-state index contributed by atoms with van der Waals surface area (Å²) in [5.41, 5.74) is 0. The van der Waals surface area contributed by atoms with Gasteiger partial charge in [0.05, 0.1) is 6.61 Å². The zero-order valence-corrected chi connectivity index (χ0v) is 12.2. The van der Waals surface area contributed by atoms with Crippen molar-refractivity contribution in [1.82, 2.24) is 10.2 Å². The van der Waals surface area contributed by atoms with Gasteiger partial charge in [0.25, 0.3) is 0 Å². The SMILES string of the molecule is CCCNC1CCOCC1N(CC)CC1CCC1. The first kappa shape index (κ1) is 14.3. The molecule has 2 aliphatic rings. The van der Waals surface area contributed by atoms with E-state index in [1.807, 2.05) is 0 Å². The monoisotopic (exact) mass is 254 g/mol. The lowest BCUT2D eigenvalue weighted by molar-refractivity contribution is -0.0109. The van der Waals surface area contributed by atoms with E-state index in [0.717, 1.165) is 32.2 Å². The molecule has 2 atom stereocenters. The summed E-state index contributed by atoms with van der Waals surface area (Å²) >= 11 is 0. The highest BCUT2D eigenvalue weighted by atomic mass is 16.5. The maximum atomic E-state index is 5.73. The minimum atomic E-state index is 0.593. The van der Waals surface area contributed by atoms with Crippen LogP contribution in [0, 0.1) is 5.92 Å². The topological polar surface area (TPSA) is 24.5 Å². The van der Waals surface area contributed by atoms with E-state index in [2.05, 4.69) is 24.1 Å². The van der Waals surface area contributed by atoms with Crippen molar-refractivity contribution in [3.63, 3.8) is 0 Å². The molecule has 2 rings (SSSR count). The molecule has 2 fully saturated rings. The molecular weight excluding hydrogens is 224 g/mol. The maximum Gasteiger partial charge on any atom is 0.0637 e. The average Bonchev–Trinajstić information content (AvgIpc) is 2.36. The number of ether oxygens (including phenoxy) is 1. The van der Waals surface area contributed by atoms with Crippen LogP contribution in [0.15, 0.2) is 0 Å². The van der Waals surface area contributed by atoms with Crippen molar-refractivity contribution in [3.8, 4) is 0 Å². The Hall–Kier alpha value is -0.120. The third-order valence-corrected chi connectivity index (χ3v) is 4.58. The van der Waals surface area contributed by atoms with Gasteiger partial charge < -0.3 is 10.1 Å². The van der Waals surface area contributed by atoms with Crippen molar-refractivity contribution in [1.29, 1.82) is 0 Å². The minimum absolute atomic E-state index is 0.593. The van der Waals surface area contributed by atoms with Crippen molar-refractivity contribution in [2.75, 3.05) is 32.8 Å². The van der Waals surface area contributed by atoms with E-state index in [9.17, 15) is 0 Å². The van der Waals surface area contributed by atoms with Gasteiger partial charge in [-0.1, -0.05) is 20.3 Å². The van der Waals surface area contributed by atoms with Crippen molar-refractivity contribution in [2.24, 2.45) is 5.92 Å². The molecule has 0 amide bonds. The molecule has 0 bridgehead atoms. The molecule has 0 aromatic heterocycles. The Balaban J connectivity index is 1.87. The second-order valence-electron chi connectivity index (χ2n) is 5.88. The van der Waals surface area contributed by atoms with E-state index in [4.69, 9.17) is 4.74 Å². The van der Waals surface area contributed by atoms with Crippen molar-refractivity contribution in [3.05, 3.63) is 0 Å². The van der Waals surface area contributed by atoms with Gasteiger partial charge in [-0.3, -0.25) is 4.90 Å². The predicted molar refractivity (Wildman–Crippen MR) is 75.9 cm³/mol. The van der Waals surface area contributed by atoms with E-state index in [1.54, 1.807) is 0 Å². The summed E-state index contributed by atoms with van der Waals surface area (Å²) in [7, 11) is 0. The Bertz CT molecular complexity index is 231. The Kier molecular flexibility index (Phi) is 5.93. The van der Waals surface area contributed by atoms with Crippen LogP contribution in [0.4, 0.5) is 0 Å². The normalized spacial score (nSPS) is 29.5. The number of nitrogens with one attached hydrogen (secondary N) is 1. The molecule has 0 spiro atoms. The van der Waals surface area contributed by atoms with Gasteiger partial charge >= 0.3 is 0 Å². The smallest absolute Gasteiger partial charge is 0.0637 e. The van der Waals surface area contributed by atoms with Gasteiger partial charge in [-0.25, -0.2) is 0 Å². The largest absolute Gasteiger partial charge is 0.380 e. The summed E-state index contributed by atoms with van der Waals surface area (Å²) < 4.78 is 5.73. The van der Waals surface area contributed by atoms with Crippen LogP contribution in [0.25, 0.3) is 0 Å². The first-order valence-electron chi connectivity index (χ1n) is 7.90. The van der Waals surface area contributed by atoms with E-state index >= 15 is 0 Å². The third-order valence-electron chi connectivity index (χ3n) is 4.58. The molecule has 2 unspecified atom stereocenters. The first-order chi connectivity index (χ1) is 8.85. The highest BCUT2D eigenvalue weighted by molar-refractivity contribution is 4.88. The van der Waals surface area contributed by atoms with Gasteiger partial charge in [0.15, 0.2) is 0 Å². The van der Waals surface area contributed by atoms with E-state index in [1.165, 1.54) is 38.6 Å². The molecule has 3 heteroatoms. The van der Waals surface area contributed by atoms with E-state index in [-0.39, 0.29) is 0 Å². The zero-order chi connectivity index (χ0) is 12.8. The van der Waals surface area contributed by atoms with Crippen molar-refractivity contribution in [2.45, 2.75) is 58.0 Å². The molecule has 1 heterocycles. The van der Waals surface area contributed by atoms with Crippen LogP contribution in [0.3, 0.4) is 0 Å². The molecule has 18 heavy (non-hydrogen) atoms. The summed E-state index contributed by atoms with van der Waals surface area (Å²) in [5, 5.41) is 3.72. The lowest BCUT2D eigenvalue weighted by Gasteiger charge is -2.42. The van der Waals surface area contributed by atoms with Crippen LogP contribution < -0.4 is 5.32 Å². The van der Waals surface area contributed by atoms with Crippen LogP contribution in [-0.4, -0.2) is 49.8 Å². The molecule has 1 aliphatic carbocycles. The minimum Gasteiger partial charge on any atom is -0.380 e. The summed E-state index contributed by atoms with van der Waals surface area (Å²) in [6.45, 7) is 9.98. The predicted octanol–water partition coefficient (Wildman–Crippen LogP) is 2.27. The quantitative estimate of drug-likeness (QED) is 0.754. The highest BCUT2D eigenvalue weighted by Crippen LogP contribution is 2.28. The highest BCUT2D eigenvalue weighted by Gasteiger charge is 2.31. The molecular formula is C15H30N2O. The Morgan fingerprint density at radius 1 is 1.22 bits per heavy atom. The maximum absolute atomic E-state index is 5.73. The Morgan fingerprint density at radius 2 is 2.06 bits per heavy atom. The fourth-order valence-corrected chi connectivity index (χ4v) is 3.16. The van der Waals surface area contributed by atoms with Gasteiger partial charge in [0.1, 0.15) is 0 Å². The Morgan fingerprint density at radius 3 is 2.67 bits per heavy atom. The standard InChI is InChI=1S/C15H30N2O/c1-3-9-16-14-8-10-18-12-15(14)17(4-2)11-13-6-5-7-13/h13-16H,3-12H2,1-2H3. The average molecular weight is 254 g/mol. The summed E-state index contributed by atoms with van der Waals surface area (Å²) in [4.78, 5) is 2.66. The van der Waals surface area contributed by atoms with Gasteiger partial charge in [0.2, 0.25) is 0 Å². The number of nitrogens with zero attached hydrogens (tertiary/aromatic N) is 1. The summed E-state index contributed by atoms with van der Waals surface area (Å²) in [6.07, 6.45) is 6.72. The van der Waals surface area contributed by atoms with Gasteiger partial charge in [-0.05, 0) is 44.7 Å². The number of hydrogen-bond acceptors (Lipinski definition) is 3. The lowest BCUT2D eigenvalue weighted by Crippen LogP contribution is -2.56. The fourth-order valence-electron chi connectivity index (χ4n) is 3.16.